The molecule has 102 valence electrons. The SMILES string of the molecule is N#CC1CN1C(=O)NC(=O)c1ccc2c(c1)CCCC2. The zero-order valence-electron chi connectivity index (χ0n) is 11.1. The highest BCUT2D eigenvalue weighted by molar-refractivity contribution is 6.05. The molecule has 1 fully saturated rings. The van der Waals surface area contributed by atoms with E-state index < -0.39 is 11.9 Å². The molecule has 1 N–H and O–H groups in total. The lowest BCUT2D eigenvalue weighted by Crippen LogP contribution is -2.35. The van der Waals surface area contributed by atoms with Crippen molar-refractivity contribution in [1.29, 1.82) is 5.26 Å². The molecule has 20 heavy (non-hydrogen) atoms. The van der Waals surface area contributed by atoms with Crippen LogP contribution in [0.15, 0.2) is 18.2 Å². The number of nitriles is 1. The number of amides is 3. The van der Waals surface area contributed by atoms with E-state index in [0.717, 1.165) is 19.3 Å². The van der Waals surface area contributed by atoms with Gasteiger partial charge in [0.1, 0.15) is 6.04 Å². The van der Waals surface area contributed by atoms with E-state index in [-0.39, 0.29) is 6.04 Å². The van der Waals surface area contributed by atoms with Gasteiger partial charge in [0.2, 0.25) is 0 Å². The summed E-state index contributed by atoms with van der Waals surface area (Å²) in [4.78, 5) is 25.0. The van der Waals surface area contributed by atoms with Crippen LogP contribution in [0, 0.1) is 11.3 Å². The molecule has 3 amide bonds. The van der Waals surface area contributed by atoms with Gasteiger partial charge in [-0.05, 0) is 48.9 Å². The van der Waals surface area contributed by atoms with Crippen molar-refractivity contribution in [3.63, 3.8) is 0 Å². The van der Waals surface area contributed by atoms with E-state index in [1.165, 1.54) is 22.4 Å². The largest absolute Gasteiger partial charge is 0.325 e. The average molecular weight is 269 g/mol. The minimum Gasteiger partial charge on any atom is -0.303 e. The normalized spacial score (nSPS) is 19.8. The molecular formula is C15H15N3O2. The molecule has 0 spiro atoms. The standard InChI is InChI=1S/C15H15N3O2/c16-8-13-9-18(13)15(20)17-14(19)12-6-5-10-3-1-2-4-11(10)7-12/h5-7,13H,1-4,9H2,(H,17,19,20). The Morgan fingerprint density at radius 3 is 2.70 bits per heavy atom. The molecular weight excluding hydrogens is 254 g/mol. The van der Waals surface area contributed by atoms with Crippen molar-refractivity contribution in [3.8, 4) is 6.07 Å². The van der Waals surface area contributed by atoms with Gasteiger partial charge < -0.3 is 4.90 Å². The summed E-state index contributed by atoms with van der Waals surface area (Å²) in [6.07, 6.45) is 4.40. The fourth-order valence-corrected chi connectivity index (χ4v) is 2.59. The predicted octanol–water partition coefficient (Wildman–Crippen LogP) is 1.62. The van der Waals surface area contributed by atoms with Crippen LogP contribution in [0.2, 0.25) is 0 Å². The summed E-state index contributed by atoms with van der Waals surface area (Å²) in [5.41, 5.74) is 3.02. The van der Waals surface area contributed by atoms with Gasteiger partial charge in [-0.1, -0.05) is 6.07 Å². The van der Waals surface area contributed by atoms with E-state index in [0.29, 0.717) is 12.1 Å². The van der Waals surface area contributed by atoms with Crippen molar-refractivity contribution in [2.45, 2.75) is 31.7 Å². The monoisotopic (exact) mass is 269 g/mol. The number of nitrogens with one attached hydrogen (secondary N) is 1. The number of hydrogen-bond acceptors (Lipinski definition) is 3. The number of carbonyl (C=O) groups is 2. The molecule has 0 radical (unpaired) electrons. The summed E-state index contributed by atoms with van der Waals surface area (Å²) in [7, 11) is 0. The molecule has 1 aromatic rings. The Labute approximate surface area is 117 Å². The third kappa shape index (κ3) is 2.37. The van der Waals surface area contributed by atoms with Crippen molar-refractivity contribution in [2.24, 2.45) is 0 Å². The van der Waals surface area contributed by atoms with Crippen molar-refractivity contribution in [3.05, 3.63) is 34.9 Å². The van der Waals surface area contributed by atoms with Gasteiger partial charge >= 0.3 is 6.03 Å². The van der Waals surface area contributed by atoms with Gasteiger partial charge in [0.25, 0.3) is 5.91 Å². The Kier molecular flexibility index (Phi) is 3.15. The van der Waals surface area contributed by atoms with Crippen LogP contribution in [-0.4, -0.2) is 29.4 Å². The van der Waals surface area contributed by atoms with E-state index in [9.17, 15) is 9.59 Å². The van der Waals surface area contributed by atoms with Gasteiger partial charge in [0, 0.05) is 5.56 Å². The third-order valence-electron chi connectivity index (χ3n) is 3.85. The Morgan fingerprint density at radius 1 is 1.25 bits per heavy atom. The fourth-order valence-electron chi connectivity index (χ4n) is 2.59. The van der Waals surface area contributed by atoms with Gasteiger partial charge in [0.05, 0.1) is 12.6 Å². The first-order valence-electron chi connectivity index (χ1n) is 6.82. The first-order valence-corrected chi connectivity index (χ1v) is 6.82. The number of fused-ring (bicyclic) bond motifs is 1. The lowest BCUT2D eigenvalue weighted by Gasteiger charge is -2.16. The summed E-state index contributed by atoms with van der Waals surface area (Å²) < 4.78 is 0. The van der Waals surface area contributed by atoms with E-state index >= 15 is 0 Å². The molecule has 1 aromatic carbocycles. The van der Waals surface area contributed by atoms with Crippen LogP contribution in [0.25, 0.3) is 0 Å². The molecule has 5 heteroatoms. The van der Waals surface area contributed by atoms with Crippen LogP contribution in [0.3, 0.4) is 0 Å². The zero-order valence-corrected chi connectivity index (χ0v) is 11.1. The summed E-state index contributed by atoms with van der Waals surface area (Å²) in [5.74, 6) is -0.396. The molecule has 2 aliphatic rings. The van der Waals surface area contributed by atoms with Gasteiger partial charge in [-0.25, -0.2) is 4.79 Å². The minimum absolute atomic E-state index is 0.383. The Hall–Kier alpha value is -2.35. The molecule has 0 aromatic heterocycles. The molecule has 1 aliphatic heterocycles. The third-order valence-corrected chi connectivity index (χ3v) is 3.85. The highest BCUT2D eigenvalue weighted by Crippen LogP contribution is 2.22. The number of aryl methyl sites for hydroxylation is 2. The molecule has 1 atom stereocenters. The van der Waals surface area contributed by atoms with Crippen molar-refractivity contribution < 1.29 is 9.59 Å². The smallest absolute Gasteiger partial charge is 0.303 e. The molecule has 1 aliphatic carbocycles. The summed E-state index contributed by atoms with van der Waals surface area (Å²) in [5, 5.41) is 11.0. The minimum atomic E-state index is -0.487. The van der Waals surface area contributed by atoms with Gasteiger partial charge in [-0.15, -0.1) is 0 Å². The first-order chi connectivity index (χ1) is 9.69. The topological polar surface area (TPSA) is 73.0 Å². The zero-order chi connectivity index (χ0) is 14.1. The molecule has 5 nitrogen and oxygen atoms in total. The second-order valence-electron chi connectivity index (χ2n) is 5.25. The predicted molar refractivity (Wildman–Crippen MR) is 72.1 cm³/mol. The van der Waals surface area contributed by atoms with Gasteiger partial charge in [-0.3, -0.25) is 10.1 Å². The molecule has 0 bridgehead atoms. The van der Waals surface area contributed by atoms with Gasteiger partial charge in [0.15, 0.2) is 0 Å². The van der Waals surface area contributed by atoms with E-state index in [2.05, 4.69) is 5.32 Å². The summed E-state index contributed by atoms with van der Waals surface area (Å²) in [6.45, 7) is 0.403. The number of imide groups is 1. The molecule has 0 saturated carbocycles. The number of urea groups is 1. The number of hydrogen-bond donors (Lipinski definition) is 1. The highest BCUT2D eigenvalue weighted by atomic mass is 16.2. The second kappa shape index (κ2) is 4.97. The quantitative estimate of drug-likeness (QED) is 0.787. The van der Waals surface area contributed by atoms with Crippen LogP contribution >= 0.6 is 0 Å². The molecule has 1 saturated heterocycles. The maximum atomic E-state index is 12.0. The molecule has 1 unspecified atom stereocenters. The highest BCUT2D eigenvalue weighted by Gasteiger charge is 2.39. The second-order valence-corrected chi connectivity index (χ2v) is 5.25. The molecule has 3 rings (SSSR count). The fraction of sp³-hybridized carbons (Fsp3) is 0.400. The Bertz CT molecular complexity index is 618. The number of carbonyl (C=O) groups excluding carboxylic acids is 2. The van der Waals surface area contributed by atoms with Crippen LogP contribution in [0.5, 0.6) is 0 Å². The number of rotatable bonds is 1. The Morgan fingerprint density at radius 2 is 2.00 bits per heavy atom. The number of benzene rings is 1. The van der Waals surface area contributed by atoms with E-state index in [1.807, 2.05) is 18.2 Å². The number of nitrogens with zero attached hydrogens (tertiary/aromatic N) is 2. The summed E-state index contributed by atoms with van der Waals surface area (Å²) in [6, 6.07) is 6.72. The van der Waals surface area contributed by atoms with E-state index in [1.54, 1.807) is 6.07 Å². The lowest BCUT2D eigenvalue weighted by molar-refractivity contribution is 0.0960. The van der Waals surface area contributed by atoms with Crippen LogP contribution in [0.1, 0.15) is 34.3 Å². The van der Waals surface area contributed by atoms with Crippen LogP contribution in [0.4, 0.5) is 4.79 Å². The molecule has 1 heterocycles. The van der Waals surface area contributed by atoms with Crippen molar-refractivity contribution >= 4 is 11.9 Å². The van der Waals surface area contributed by atoms with Gasteiger partial charge in [-0.2, -0.15) is 5.26 Å². The van der Waals surface area contributed by atoms with Crippen LogP contribution in [-0.2, 0) is 12.8 Å². The van der Waals surface area contributed by atoms with Crippen LogP contribution < -0.4 is 5.32 Å². The van der Waals surface area contributed by atoms with Crippen molar-refractivity contribution in [2.75, 3.05) is 6.54 Å². The Balaban J connectivity index is 1.68. The summed E-state index contributed by atoms with van der Waals surface area (Å²) >= 11 is 0. The van der Waals surface area contributed by atoms with Crippen molar-refractivity contribution in [1.82, 2.24) is 10.2 Å². The maximum Gasteiger partial charge on any atom is 0.325 e. The maximum absolute atomic E-state index is 12.0. The average Bonchev–Trinajstić information content (AvgIpc) is 3.26. The lowest BCUT2D eigenvalue weighted by atomic mass is 9.90. The van der Waals surface area contributed by atoms with E-state index in [4.69, 9.17) is 5.26 Å². The first kappa shape index (κ1) is 12.7.